The van der Waals surface area contributed by atoms with Crippen molar-refractivity contribution in [2.45, 2.75) is 0 Å². The van der Waals surface area contributed by atoms with Gasteiger partial charge < -0.3 is 15.4 Å². The number of ether oxygens (including phenoxy) is 1. The lowest BCUT2D eigenvalue weighted by molar-refractivity contribution is 0.0599. The third kappa shape index (κ3) is 4.22. The lowest BCUT2D eigenvalue weighted by Gasteiger charge is -2.09. The number of amides is 2. The van der Waals surface area contributed by atoms with Crippen molar-refractivity contribution < 1.29 is 14.3 Å². The fourth-order valence-electron chi connectivity index (χ4n) is 1.70. The number of rotatable bonds is 3. The second kappa shape index (κ2) is 7.29. The van der Waals surface area contributed by atoms with Crippen molar-refractivity contribution in [1.82, 2.24) is 0 Å². The number of hydrogen-bond acceptors (Lipinski definition) is 3. The third-order valence-corrected chi connectivity index (χ3v) is 3.68. The van der Waals surface area contributed by atoms with Gasteiger partial charge in [0.2, 0.25) is 0 Å². The number of carbonyl (C=O) groups is 2. The van der Waals surface area contributed by atoms with Crippen molar-refractivity contribution in [3.05, 3.63) is 57.5 Å². The summed E-state index contributed by atoms with van der Waals surface area (Å²) in [7, 11) is 1.29. The van der Waals surface area contributed by atoms with E-state index in [0.29, 0.717) is 26.4 Å². The van der Waals surface area contributed by atoms with E-state index in [1.54, 1.807) is 36.4 Å². The van der Waals surface area contributed by atoms with Gasteiger partial charge in [-0.25, -0.2) is 9.59 Å². The van der Waals surface area contributed by atoms with Crippen molar-refractivity contribution in [3.8, 4) is 0 Å². The molecule has 0 aliphatic heterocycles. The molecule has 0 bridgehead atoms. The monoisotopic (exact) mass is 382 g/mol. The average molecular weight is 384 g/mol. The van der Waals surface area contributed by atoms with Crippen LogP contribution < -0.4 is 10.6 Å². The minimum Gasteiger partial charge on any atom is -0.465 e. The molecule has 0 saturated carbocycles. The Balaban J connectivity index is 2.08. The number of nitrogens with one attached hydrogen (secondary N) is 2. The summed E-state index contributed by atoms with van der Waals surface area (Å²) < 4.78 is 5.26. The number of anilines is 2. The van der Waals surface area contributed by atoms with Crippen LogP contribution >= 0.6 is 27.5 Å². The molecule has 0 fully saturated rings. The summed E-state index contributed by atoms with van der Waals surface area (Å²) in [6.07, 6.45) is 0. The standard InChI is InChI=1S/C15H12BrClN2O3/c1-22-14(20)12-8-11(6-7-13(12)16)19-15(21)18-10-4-2-9(17)3-5-10/h2-8H,1H3,(H2,18,19,21). The van der Waals surface area contributed by atoms with E-state index in [-0.39, 0.29) is 0 Å². The Morgan fingerprint density at radius 1 is 1.05 bits per heavy atom. The van der Waals surface area contributed by atoms with Crippen LogP contribution in [0.15, 0.2) is 46.9 Å². The SMILES string of the molecule is COC(=O)c1cc(NC(=O)Nc2ccc(Cl)cc2)ccc1Br. The van der Waals surface area contributed by atoms with Crippen LogP contribution in [-0.2, 0) is 4.74 Å². The Hall–Kier alpha value is -2.05. The average Bonchev–Trinajstić information content (AvgIpc) is 2.50. The van der Waals surface area contributed by atoms with E-state index in [9.17, 15) is 9.59 Å². The highest BCUT2D eigenvalue weighted by molar-refractivity contribution is 9.10. The smallest absolute Gasteiger partial charge is 0.339 e. The van der Waals surface area contributed by atoms with Gasteiger partial charge in [-0.1, -0.05) is 11.6 Å². The van der Waals surface area contributed by atoms with Gasteiger partial charge in [0.05, 0.1) is 12.7 Å². The highest BCUT2D eigenvalue weighted by Gasteiger charge is 2.12. The molecule has 0 radical (unpaired) electrons. The van der Waals surface area contributed by atoms with Crippen LogP contribution in [-0.4, -0.2) is 19.1 Å². The molecule has 114 valence electrons. The zero-order valence-corrected chi connectivity index (χ0v) is 13.9. The molecule has 0 atom stereocenters. The maximum Gasteiger partial charge on any atom is 0.339 e. The molecule has 0 heterocycles. The summed E-state index contributed by atoms with van der Waals surface area (Å²) in [5.41, 5.74) is 1.40. The fourth-order valence-corrected chi connectivity index (χ4v) is 2.23. The molecule has 7 heteroatoms. The highest BCUT2D eigenvalue weighted by atomic mass is 79.9. The predicted molar refractivity (Wildman–Crippen MR) is 89.6 cm³/mol. The molecule has 0 saturated heterocycles. The van der Waals surface area contributed by atoms with E-state index >= 15 is 0 Å². The minimum absolute atomic E-state index is 0.326. The van der Waals surface area contributed by atoms with Gasteiger partial charge in [0.25, 0.3) is 0 Å². The van der Waals surface area contributed by atoms with Gasteiger partial charge in [0.15, 0.2) is 0 Å². The number of benzene rings is 2. The van der Waals surface area contributed by atoms with Crippen LogP contribution in [0.1, 0.15) is 10.4 Å². The molecule has 5 nitrogen and oxygen atoms in total. The van der Waals surface area contributed by atoms with Gasteiger partial charge >= 0.3 is 12.0 Å². The second-order valence-corrected chi connectivity index (χ2v) is 5.56. The zero-order chi connectivity index (χ0) is 16.1. The number of methoxy groups -OCH3 is 1. The summed E-state index contributed by atoms with van der Waals surface area (Å²) in [6.45, 7) is 0. The van der Waals surface area contributed by atoms with E-state index in [0.717, 1.165) is 0 Å². The molecule has 0 aromatic heterocycles. The summed E-state index contributed by atoms with van der Waals surface area (Å²) in [5.74, 6) is -0.492. The fraction of sp³-hybridized carbons (Fsp3) is 0.0667. The van der Waals surface area contributed by atoms with Crippen molar-refractivity contribution in [2.75, 3.05) is 17.7 Å². The van der Waals surface area contributed by atoms with Gasteiger partial charge in [-0.05, 0) is 58.4 Å². The van der Waals surface area contributed by atoms with Crippen LogP contribution in [0.4, 0.5) is 16.2 Å². The van der Waals surface area contributed by atoms with Gasteiger partial charge in [-0.2, -0.15) is 0 Å². The molecule has 0 aliphatic carbocycles. The Bertz CT molecular complexity index is 704. The van der Waals surface area contributed by atoms with Gasteiger partial charge in [-0.15, -0.1) is 0 Å². The van der Waals surface area contributed by atoms with Crippen LogP contribution in [0, 0.1) is 0 Å². The van der Waals surface area contributed by atoms with E-state index in [4.69, 9.17) is 11.6 Å². The van der Waals surface area contributed by atoms with Gasteiger partial charge in [0.1, 0.15) is 0 Å². The first-order valence-corrected chi connectivity index (χ1v) is 7.38. The lowest BCUT2D eigenvalue weighted by atomic mass is 10.2. The van der Waals surface area contributed by atoms with Crippen LogP contribution in [0.25, 0.3) is 0 Å². The second-order valence-electron chi connectivity index (χ2n) is 4.27. The normalized spacial score (nSPS) is 9.95. The molecule has 2 aromatic carbocycles. The van der Waals surface area contributed by atoms with Crippen molar-refractivity contribution in [2.24, 2.45) is 0 Å². The maximum atomic E-state index is 11.9. The molecule has 2 amide bonds. The summed E-state index contributed by atoms with van der Waals surface area (Å²) in [4.78, 5) is 23.5. The first kappa shape index (κ1) is 16.3. The molecule has 2 N–H and O–H groups in total. The summed E-state index contributed by atoms with van der Waals surface area (Å²) in [6, 6.07) is 11.1. The summed E-state index contributed by atoms with van der Waals surface area (Å²) in [5, 5.41) is 5.88. The maximum absolute atomic E-state index is 11.9. The Morgan fingerprint density at radius 3 is 2.27 bits per heavy atom. The predicted octanol–water partition coefficient (Wildman–Crippen LogP) is 4.53. The molecular weight excluding hydrogens is 372 g/mol. The third-order valence-electron chi connectivity index (χ3n) is 2.73. The molecule has 2 aromatic rings. The number of carbonyl (C=O) groups excluding carboxylic acids is 2. The summed E-state index contributed by atoms with van der Waals surface area (Å²) >= 11 is 9.03. The first-order valence-electron chi connectivity index (χ1n) is 6.21. The van der Waals surface area contributed by atoms with Crippen molar-refractivity contribution >= 4 is 50.9 Å². The Morgan fingerprint density at radius 2 is 1.64 bits per heavy atom. The largest absolute Gasteiger partial charge is 0.465 e. The zero-order valence-electron chi connectivity index (χ0n) is 11.5. The van der Waals surface area contributed by atoms with E-state index in [2.05, 4.69) is 31.3 Å². The van der Waals surface area contributed by atoms with Crippen LogP contribution in [0.3, 0.4) is 0 Å². The molecule has 2 rings (SSSR count). The van der Waals surface area contributed by atoms with Crippen molar-refractivity contribution in [3.63, 3.8) is 0 Å². The number of halogens is 2. The molecule has 0 spiro atoms. The highest BCUT2D eigenvalue weighted by Crippen LogP contribution is 2.22. The molecule has 0 aliphatic rings. The molecular formula is C15H12BrClN2O3. The quantitative estimate of drug-likeness (QED) is 0.765. The van der Waals surface area contributed by atoms with Crippen molar-refractivity contribution in [1.29, 1.82) is 0 Å². The topological polar surface area (TPSA) is 67.4 Å². The molecule has 0 unspecified atom stereocenters. The first-order chi connectivity index (χ1) is 10.5. The number of urea groups is 1. The Kier molecular flexibility index (Phi) is 5.41. The van der Waals surface area contributed by atoms with E-state index in [1.165, 1.54) is 13.2 Å². The van der Waals surface area contributed by atoms with Gasteiger partial charge in [0, 0.05) is 20.9 Å². The van der Waals surface area contributed by atoms with E-state index in [1.807, 2.05) is 0 Å². The molecule has 22 heavy (non-hydrogen) atoms. The van der Waals surface area contributed by atoms with Gasteiger partial charge in [-0.3, -0.25) is 0 Å². The Labute approximate surface area is 140 Å². The van der Waals surface area contributed by atoms with Crippen LogP contribution in [0.5, 0.6) is 0 Å². The lowest BCUT2D eigenvalue weighted by Crippen LogP contribution is -2.19. The number of hydrogen-bond donors (Lipinski definition) is 2. The number of esters is 1. The van der Waals surface area contributed by atoms with Crippen LogP contribution in [0.2, 0.25) is 5.02 Å². The minimum atomic E-state index is -0.492. The van der Waals surface area contributed by atoms with E-state index < -0.39 is 12.0 Å².